The van der Waals surface area contributed by atoms with E-state index in [0.717, 1.165) is 5.56 Å². The van der Waals surface area contributed by atoms with Gasteiger partial charge >= 0.3 is 21.6 Å². The molecule has 0 amide bonds. The Labute approximate surface area is 182 Å². The first-order valence-corrected chi connectivity index (χ1v) is 10.7. The minimum absolute atomic E-state index is 0.0105. The van der Waals surface area contributed by atoms with E-state index in [2.05, 4.69) is 13.9 Å². The van der Waals surface area contributed by atoms with Gasteiger partial charge in [0.2, 0.25) is 0 Å². The second-order valence-electron chi connectivity index (χ2n) is 6.89. The first kappa shape index (κ1) is 23.3. The Bertz CT molecular complexity index is 1250. The van der Waals surface area contributed by atoms with Gasteiger partial charge in [-0.3, -0.25) is 0 Å². The minimum atomic E-state index is -5.95. The molecular weight excluding hydrogens is 449 g/mol. The highest BCUT2D eigenvalue weighted by atomic mass is 32.2. The zero-order valence-corrected chi connectivity index (χ0v) is 18.1. The number of carbonyl (C=O) groups excluding carboxylic acids is 1. The number of rotatable bonds is 6. The van der Waals surface area contributed by atoms with Gasteiger partial charge in [0.25, 0.3) is 5.88 Å². The zero-order chi connectivity index (χ0) is 23.7. The molecule has 0 saturated heterocycles. The largest absolute Gasteiger partial charge is 0.534 e. The van der Waals surface area contributed by atoms with Crippen molar-refractivity contribution in [3.63, 3.8) is 0 Å². The third-order valence-corrected chi connectivity index (χ3v) is 5.84. The fourth-order valence-corrected chi connectivity index (χ4v) is 3.45. The average Bonchev–Trinajstić information content (AvgIpc) is 2.76. The van der Waals surface area contributed by atoms with Crippen molar-refractivity contribution in [3.8, 4) is 5.88 Å². The van der Waals surface area contributed by atoms with Crippen molar-refractivity contribution in [3.05, 3.63) is 65.7 Å². The molecular formula is C21H19F3N2O5S. The number of pyridine rings is 1. The standard InChI is InChI=1S/C21H19F3N2O5S/c1-13(14-7-5-4-6-8-14)26(2)18-12-16-11-15(20(27)30-3)9-10-17(16)25-19(18)31-32(28,29)21(22,23)24/h4-13H,1-3H3/t13-/m0/s1. The number of carbonyl (C=O) groups is 1. The van der Waals surface area contributed by atoms with Crippen molar-refractivity contribution in [1.82, 2.24) is 4.98 Å². The summed E-state index contributed by atoms with van der Waals surface area (Å²) in [5.41, 5.74) is -4.48. The van der Waals surface area contributed by atoms with E-state index in [1.807, 2.05) is 18.2 Å². The van der Waals surface area contributed by atoms with Gasteiger partial charge in [0, 0.05) is 12.4 Å². The summed E-state index contributed by atoms with van der Waals surface area (Å²) in [4.78, 5) is 17.4. The number of halogens is 3. The van der Waals surface area contributed by atoms with E-state index in [9.17, 15) is 26.4 Å². The molecule has 0 bridgehead atoms. The van der Waals surface area contributed by atoms with Crippen LogP contribution in [0.1, 0.15) is 28.9 Å². The molecule has 0 spiro atoms. The molecule has 170 valence electrons. The maximum absolute atomic E-state index is 13.0. The second kappa shape index (κ2) is 8.65. The van der Waals surface area contributed by atoms with Crippen molar-refractivity contribution in [2.24, 2.45) is 0 Å². The number of nitrogens with zero attached hydrogens (tertiary/aromatic N) is 2. The van der Waals surface area contributed by atoms with Gasteiger partial charge in [-0.2, -0.15) is 21.6 Å². The normalized spacial score (nSPS) is 12.9. The van der Waals surface area contributed by atoms with E-state index < -0.39 is 27.5 Å². The molecule has 2 aromatic carbocycles. The van der Waals surface area contributed by atoms with E-state index in [-0.39, 0.29) is 22.8 Å². The number of alkyl halides is 3. The fraction of sp³-hybridized carbons (Fsp3) is 0.238. The lowest BCUT2D eigenvalue weighted by atomic mass is 10.1. The fourth-order valence-electron chi connectivity index (χ4n) is 3.02. The summed E-state index contributed by atoms with van der Waals surface area (Å²) >= 11 is 0. The van der Waals surface area contributed by atoms with Crippen LogP contribution in [0.2, 0.25) is 0 Å². The molecule has 0 fully saturated rings. The Hall–Kier alpha value is -3.34. The maximum Gasteiger partial charge on any atom is 0.534 e. The van der Waals surface area contributed by atoms with E-state index in [1.165, 1.54) is 36.3 Å². The summed E-state index contributed by atoms with van der Waals surface area (Å²) in [6.45, 7) is 1.78. The number of hydrogen-bond donors (Lipinski definition) is 0. The van der Waals surface area contributed by atoms with Crippen LogP contribution in [-0.2, 0) is 14.9 Å². The van der Waals surface area contributed by atoms with Gasteiger partial charge < -0.3 is 13.8 Å². The lowest BCUT2D eigenvalue weighted by Crippen LogP contribution is -2.30. The third-order valence-electron chi connectivity index (χ3n) is 4.90. The highest BCUT2D eigenvalue weighted by Gasteiger charge is 2.49. The molecule has 0 unspecified atom stereocenters. The second-order valence-corrected chi connectivity index (χ2v) is 8.43. The molecule has 0 aliphatic rings. The molecule has 7 nitrogen and oxygen atoms in total. The molecule has 3 aromatic rings. The summed E-state index contributed by atoms with van der Waals surface area (Å²) in [5, 5.41) is 0.381. The van der Waals surface area contributed by atoms with E-state index >= 15 is 0 Å². The first-order chi connectivity index (χ1) is 14.9. The van der Waals surface area contributed by atoms with Crippen LogP contribution in [-0.4, -0.2) is 39.0 Å². The lowest BCUT2D eigenvalue weighted by Gasteiger charge is -2.28. The van der Waals surface area contributed by atoms with Gasteiger partial charge in [0.15, 0.2) is 0 Å². The Morgan fingerprint density at radius 1 is 1.09 bits per heavy atom. The Morgan fingerprint density at radius 2 is 1.75 bits per heavy atom. The summed E-state index contributed by atoms with van der Waals surface area (Å²) in [6.07, 6.45) is 0. The Balaban J connectivity index is 2.17. The van der Waals surface area contributed by atoms with Crippen LogP contribution in [0.4, 0.5) is 18.9 Å². The first-order valence-electron chi connectivity index (χ1n) is 9.26. The van der Waals surface area contributed by atoms with Gasteiger partial charge in [-0.15, -0.1) is 0 Å². The van der Waals surface area contributed by atoms with Crippen LogP contribution in [0.5, 0.6) is 5.88 Å². The Kier molecular flexibility index (Phi) is 6.31. The van der Waals surface area contributed by atoms with Crippen molar-refractivity contribution in [2.75, 3.05) is 19.1 Å². The summed E-state index contributed by atoms with van der Waals surface area (Å²) in [5.74, 6) is -1.34. The van der Waals surface area contributed by atoms with Crippen molar-refractivity contribution in [2.45, 2.75) is 18.5 Å². The van der Waals surface area contributed by atoms with Gasteiger partial charge in [-0.25, -0.2) is 9.78 Å². The molecule has 11 heteroatoms. The molecule has 0 aliphatic heterocycles. The molecule has 0 aliphatic carbocycles. The van der Waals surface area contributed by atoms with Crippen LogP contribution in [0, 0.1) is 0 Å². The highest BCUT2D eigenvalue weighted by molar-refractivity contribution is 7.88. The number of hydrogen-bond acceptors (Lipinski definition) is 7. The van der Waals surface area contributed by atoms with Crippen LogP contribution >= 0.6 is 0 Å². The quantitative estimate of drug-likeness (QED) is 0.300. The van der Waals surface area contributed by atoms with Crippen molar-refractivity contribution in [1.29, 1.82) is 0 Å². The molecule has 0 saturated carbocycles. The van der Waals surface area contributed by atoms with Gasteiger partial charge in [-0.05, 0) is 36.8 Å². The van der Waals surface area contributed by atoms with E-state index in [0.29, 0.717) is 5.39 Å². The van der Waals surface area contributed by atoms with Crippen molar-refractivity contribution >= 4 is 32.7 Å². The number of aromatic nitrogens is 1. The number of benzene rings is 2. The van der Waals surface area contributed by atoms with Crippen molar-refractivity contribution < 1.29 is 35.3 Å². The number of fused-ring (bicyclic) bond motifs is 1. The molecule has 32 heavy (non-hydrogen) atoms. The number of anilines is 1. The SMILES string of the molecule is COC(=O)c1ccc2nc(OS(=O)(=O)C(F)(F)F)c(N(C)[C@@H](C)c3ccccc3)cc2c1. The summed E-state index contributed by atoms with van der Waals surface area (Å²) < 4.78 is 71.4. The van der Waals surface area contributed by atoms with Crippen LogP contribution < -0.4 is 9.08 Å². The maximum atomic E-state index is 13.0. The molecule has 1 aromatic heterocycles. The molecule has 1 atom stereocenters. The predicted molar refractivity (Wildman–Crippen MR) is 112 cm³/mol. The van der Waals surface area contributed by atoms with Crippen LogP contribution in [0.15, 0.2) is 54.6 Å². The predicted octanol–water partition coefficient (Wildman–Crippen LogP) is 4.45. The Morgan fingerprint density at radius 3 is 2.34 bits per heavy atom. The smallest absolute Gasteiger partial charge is 0.465 e. The van der Waals surface area contributed by atoms with Gasteiger partial charge in [0.05, 0.1) is 24.2 Å². The average molecular weight is 468 g/mol. The van der Waals surface area contributed by atoms with E-state index in [1.54, 1.807) is 26.1 Å². The molecule has 0 radical (unpaired) electrons. The van der Waals surface area contributed by atoms with Gasteiger partial charge in [-0.1, -0.05) is 30.3 Å². The summed E-state index contributed by atoms with van der Waals surface area (Å²) in [7, 11) is -3.17. The zero-order valence-electron chi connectivity index (χ0n) is 17.3. The van der Waals surface area contributed by atoms with Crippen LogP contribution in [0.3, 0.4) is 0 Å². The molecule has 3 rings (SSSR count). The highest BCUT2D eigenvalue weighted by Crippen LogP contribution is 2.37. The third kappa shape index (κ3) is 4.62. The topological polar surface area (TPSA) is 85.8 Å². The molecule has 1 heterocycles. The number of methoxy groups -OCH3 is 1. The van der Waals surface area contributed by atoms with Crippen LogP contribution in [0.25, 0.3) is 10.9 Å². The number of ether oxygens (including phenoxy) is 1. The van der Waals surface area contributed by atoms with E-state index in [4.69, 9.17) is 0 Å². The number of esters is 1. The van der Waals surface area contributed by atoms with Gasteiger partial charge in [0.1, 0.15) is 5.69 Å². The lowest BCUT2D eigenvalue weighted by molar-refractivity contribution is -0.0501. The minimum Gasteiger partial charge on any atom is -0.465 e. The monoisotopic (exact) mass is 468 g/mol. The summed E-state index contributed by atoms with van der Waals surface area (Å²) in [6, 6.07) is 14.2. The molecule has 0 N–H and O–H groups in total.